The first-order valence-corrected chi connectivity index (χ1v) is 14.3. The third-order valence-corrected chi connectivity index (χ3v) is 8.89. The highest BCUT2D eigenvalue weighted by Crippen LogP contribution is 2.57. The number of aliphatic hydroxyl groups excluding tert-OH is 1. The fraction of sp³-hybridized carbons (Fsp3) is 0.387. The number of pyridine rings is 3. The summed E-state index contributed by atoms with van der Waals surface area (Å²) in [6.07, 6.45) is 8.33. The molecule has 3 fully saturated rings. The molecular formula is C31H31N7O4. The minimum Gasteiger partial charge on any atom is -0.492 e. The van der Waals surface area contributed by atoms with Gasteiger partial charge in [-0.25, -0.2) is 14.5 Å². The second kappa shape index (κ2) is 10.6. The fourth-order valence-corrected chi connectivity index (χ4v) is 6.55. The van der Waals surface area contributed by atoms with Crippen molar-refractivity contribution in [2.75, 3.05) is 44.8 Å². The monoisotopic (exact) mass is 565 g/mol. The van der Waals surface area contributed by atoms with Crippen LogP contribution >= 0.6 is 0 Å². The summed E-state index contributed by atoms with van der Waals surface area (Å²) in [5, 5.41) is 23.9. The summed E-state index contributed by atoms with van der Waals surface area (Å²) in [7, 11) is 1.55. The molecule has 2 unspecified atom stereocenters. The summed E-state index contributed by atoms with van der Waals surface area (Å²) < 4.78 is 13.0. The number of ether oxygens (including phenoxy) is 2. The number of nitriles is 1. The summed E-state index contributed by atoms with van der Waals surface area (Å²) in [5.41, 5.74) is 3.43. The summed E-state index contributed by atoms with van der Waals surface area (Å²) in [5.74, 6) is 3.57. The Kier molecular flexibility index (Phi) is 6.63. The third-order valence-electron chi connectivity index (χ3n) is 8.89. The highest BCUT2D eigenvalue weighted by atomic mass is 16.5. The van der Waals surface area contributed by atoms with E-state index in [2.05, 4.69) is 21.1 Å². The van der Waals surface area contributed by atoms with Crippen molar-refractivity contribution in [3.05, 3.63) is 66.2 Å². The molecule has 0 aromatic carbocycles. The third kappa shape index (κ3) is 4.77. The zero-order valence-electron chi connectivity index (χ0n) is 23.3. The molecule has 4 aromatic heterocycles. The summed E-state index contributed by atoms with van der Waals surface area (Å²) >= 11 is 0. The minimum absolute atomic E-state index is 0.0455. The van der Waals surface area contributed by atoms with Crippen molar-refractivity contribution in [2.24, 2.45) is 17.8 Å². The van der Waals surface area contributed by atoms with E-state index in [-0.39, 0.29) is 12.0 Å². The number of carbonyl (C=O) groups is 1. The molecule has 0 spiro atoms. The van der Waals surface area contributed by atoms with E-state index in [9.17, 15) is 15.2 Å². The van der Waals surface area contributed by atoms with Crippen LogP contribution in [-0.2, 0) is 0 Å². The van der Waals surface area contributed by atoms with Gasteiger partial charge in [-0.2, -0.15) is 10.4 Å². The standard InChI is InChI=1S/C31H31N7O4/c1-41-29-5-3-20(15-34-29)31(40)37-8-6-36(7-9-37)28-4-2-19(14-33-28)24-12-23(17-38-30(24)21(13-32)16-35-38)42-18-27-25-10-22(39)11-26(25)27/h2-5,12,14-17,22,25-27,39H,6-11,18H2,1H3. The molecule has 214 valence electrons. The summed E-state index contributed by atoms with van der Waals surface area (Å²) in [4.78, 5) is 25.8. The maximum Gasteiger partial charge on any atom is 0.255 e. The van der Waals surface area contributed by atoms with E-state index >= 15 is 0 Å². The normalized spacial score (nSPS) is 23.0. The Morgan fingerprint density at radius 1 is 1.07 bits per heavy atom. The van der Waals surface area contributed by atoms with Crippen LogP contribution in [0.4, 0.5) is 5.82 Å². The van der Waals surface area contributed by atoms with Crippen LogP contribution in [0.3, 0.4) is 0 Å². The van der Waals surface area contributed by atoms with E-state index in [0.717, 1.165) is 29.8 Å². The number of hydrogen-bond donors (Lipinski definition) is 1. The molecule has 2 atom stereocenters. The number of amides is 1. The molecule has 0 bridgehead atoms. The van der Waals surface area contributed by atoms with Crippen molar-refractivity contribution in [3.63, 3.8) is 0 Å². The first kappa shape index (κ1) is 26.2. The minimum atomic E-state index is -0.161. The van der Waals surface area contributed by atoms with E-state index in [1.807, 2.05) is 35.5 Å². The van der Waals surface area contributed by atoms with Crippen molar-refractivity contribution in [1.82, 2.24) is 24.5 Å². The quantitative estimate of drug-likeness (QED) is 0.359. The van der Waals surface area contributed by atoms with Crippen molar-refractivity contribution >= 4 is 17.2 Å². The zero-order chi connectivity index (χ0) is 28.8. The molecule has 1 N–H and O–H groups in total. The van der Waals surface area contributed by atoms with Crippen LogP contribution < -0.4 is 14.4 Å². The van der Waals surface area contributed by atoms with Gasteiger partial charge in [0.05, 0.1) is 48.9 Å². The number of methoxy groups -OCH3 is 1. The van der Waals surface area contributed by atoms with Crippen molar-refractivity contribution in [1.29, 1.82) is 5.26 Å². The number of piperazine rings is 1. The van der Waals surface area contributed by atoms with Gasteiger partial charge in [0.1, 0.15) is 17.6 Å². The van der Waals surface area contributed by atoms with Gasteiger partial charge in [0, 0.05) is 55.8 Å². The van der Waals surface area contributed by atoms with Gasteiger partial charge in [-0.05, 0) is 54.9 Å². The van der Waals surface area contributed by atoms with Gasteiger partial charge < -0.3 is 24.4 Å². The number of aliphatic hydroxyl groups is 1. The smallest absolute Gasteiger partial charge is 0.255 e. The summed E-state index contributed by atoms with van der Waals surface area (Å²) in [6, 6.07) is 11.6. The van der Waals surface area contributed by atoms with E-state index in [0.29, 0.717) is 78.8 Å². The lowest BCUT2D eigenvalue weighted by Crippen LogP contribution is -2.49. The maximum absolute atomic E-state index is 12.9. The molecule has 1 aliphatic heterocycles. The Labute approximate surface area is 242 Å². The molecule has 0 radical (unpaired) electrons. The van der Waals surface area contributed by atoms with Crippen LogP contribution in [-0.4, -0.2) is 81.5 Å². The maximum atomic E-state index is 12.9. The van der Waals surface area contributed by atoms with Crippen molar-refractivity contribution in [3.8, 4) is 28.8 Å². The van der Waals surface area contributed by atoms with E-state index in [1.165, 1.54) is 0 Å². The van der Waals surface area contributed by atoms with Gasteiger partial charge in [-0.15, -0.1) is 0 Å². The van der Waals surface area contributed by atoms with Gasteiger partial charge in [0.15, 0.2) is 0 Å². The molecule has 1 amide bonds. The molecule has 3 aliphatic rings. The molecule has 11 heteroatoms. The highest BCUT2D eigenvalue weighted by molar-refractivity contribution is 5.94. The average molecular weight is 566 g/mol. The van der Waals surface area contributed by atoms with Gasteiger partial charge in [0.2, 0.25) is 5.88 Å². The Morgan fingerprint density at radius 3 is 2.55 bits per heavy atom. The highest BCUT2D eigenvalue weighted by Gasteiger charge is 2.55. The topological polar surface area (TPSA) is 129 Å². The van der Waals surface area contributed by atoms with Gasteiger partial charge in [-0.3, -0.25) is 4.79 Å². The molecule has 42 heavy (non-hydrogen) atoms. The van der Waals surface area contributed by atoms with Crippen molar-refractivity contribution < 1.29 is 19.4 Å². The molecule has 7 rings (SSSR count). The van der Waals surface area contributed by atoms with Crippen LogP contribution in [0.15, 0.2) is 55.1 Å². The molecule has 11 nitrogen and oxygen atoms in total. The molecule has 2 aliphatic carbocycles. The number of fused-ring (bicyclic) bond motifs is 2. The van der Waals surface area contributed by atoms with Crippen molar-refractivity contribution in [2.45, 2.75) is 18.9 Å². The molecular weight excluding hydrogens is 534 g/mol. The largest absolute Gasteiger partial charge is 0.492 e. The first-order chi connectivity index (χ1) is 20.5. The second-order valence-corrected chi connectivity index (χ2v) is 11.3. The van der Waals surface area contributed by atoms with Gasteiger partial charge >= 0.3 is 0 Å². The van der Waals surface area contributed by atoms with Crippen LogP contribution in [0, 0.1) is 29.1 Å². The van der Waals surface area contributed by atoms with Gasteiger partial charge in [-0.1, -0.05) is 0 Å². The van der Waals surface area contributed by atoms with Crippen LogP contribution in [0.25, 0.3) is 16.6 Å². The number of nitrogens with zero attached hydrogens (tertiary/aromatic N) is 7. The lowest BCUT2D eigenvalue weighted by atomic mass is 10.1. The number of aromatic nitrogens is 4. The Morgan fingerprint density at radius 2 is 1.88 bits per heavy atom. The van der Waals surface area contributed by atoms with E-state index < -0.39 is 0 Å². The number of hydrogen-bond acceptors (Lipinski definition) is 9. The number of carbonyl (C=O) groups excluding carboxylic acids is 1. The SMILES string of the molecule is COc1ccc(C(=O)N2CCN(c3ccc(-c4cc(OCC5C6CC(O)CC56)cn5ncc(C#N)c45)cn3)CC2)cn1. The van der Waals surface area contributed by atoms with E-state index in [1.54, 1.807) is 36.2 Å². The number of anilines is 1. The Bertz CT molecular complexity index is 1640. The van der Waals surface area contributed by atoms with Crippen LogP contribution in [0.1, 0.15) is 28.8 Å². The lowest BCUT2D eigenvalue weighted by molar-refractivity contribution is 0.0746. The number of rotatable bonds is 7. The predicted molar refractivity (Wildman–Crippen MR) is 153 cm³/mol. The molecule has 4 aromatic rings. The predicted octanol–water partition coefficient (Wildman–Crippen LogP) is 3.03. The molecule has 2 saturated carbocycles. The second-order valence-electron chi connectivity index (χ2n) is 11.3. The fourth-order valence-electron chi connectivity index (χ4n) is 6.55. The lowest BCUT2D eigenvalue weighted by Gasteiger charge is -2.35. The Hall–Kier alpha value is -4.69. The van der Waals surface area contributed by atoms with E-state index in [4.69, 9.17) is 14.5 Å². The molecule has 5 heterocycles. The zero-order valence-corrected chi connectivity index (χ0v) is 23.3. The Balaban J connectivity index is 1.05. The van der Waals surface area contributed by atoms with Gasteiger partial charge in [0.25, 0.3) is 5.91 Å². The first-order valence-electron chi connectivity index (χ1n) is 14.3. The molecule has 1 saturated heterocycles. The average Bonchev–Trinajstić information content (AvgIpc) is 3.32. The van der Waals surface area contributed by atoms with Crippen LogP contribution in [0.2, 0.25) is 0 Å². The summed E-state index contributed by atoms with van der Waals surface area (Å²) in [6.45, 7) is 3.10. The van der Waals surface area contributed by atoms with Crippen LogP contribution in [0.5, 0.6) is 11.6 Å².